The van der Waals surface area contributed by atoms with E-state index in [2.05, 4.69) is 5.32 Å². The summed E-state index contributed by atoms with van der Waals surface area (Å²) < 4.78 is 5.52. The first-order chi connectivity index (χ1) is 6.79. The van der Waals surface area contributed by atoms with Crippen molar-refractivity contribution in [1.82, 2.24) is 5.32 Å². The summed E-state index contributed by atoms with van der Waals surface area (Å²) in [5.74, 6) is 0.877. The van der Waals surface area contributed by atoms with Gasteiger partial charge < -0.3 is 15.8 Å². The fourth-order valence-electron chi connectivity index (χ4n) is 1.82. The summed E-state index contributed by atoms with van der Waals surface area (Å²) in [5.41, 5.74) is 6.18. The Morgan fingerprint density at radius 3 is 2.71 bits per heavy atom. The van der Waals surface area contributed by atoms with Crippen LogP contribution in [0.4, 0.5) is 0 Å². The Hall–Kier alpha value is -0.120. The van der Waals surface area contributed by atoms with Gasteiger partial charge in [-0.1, -0.05) is 0 Å². The molecule has 3 heteroatoms. The molecule has 0 bridgehead atoms. The molecule has 0 atom stereocenters. The van der Waals surface area contributed by atoms with E-state index in [-0.39, 0.29) is 5.54 Å². The number of ether oxygens (including phenoxy) is 1. The van der Waals surface area contributed by atoms with Crippen molar-refractivity contribution in [3.8, 4) is 0 Å². The Labute approximate surface area is 86.4 Å². The average Bonchev–Trinajstić information content (AvgIpc) is 2.91. The fraction of sp³-hybridized carbons (Fsp3) is 1.00. The minimum Gasteiger partial charge on any atom is -0.380 e. The van der Waals surface area contributed by atoms with Crippen molar-refractivity contribution in [3.63, 3.8) is 0 Å². The molecule has 0 amide bonds. The summed E-state index contributed by atoms with van der Waals surface area (Å²) >= 11 is 0. The van der Waals surface area contributed by atoms with Crippen LogP contribution in [0.1, 0.15) is 32.1 Å². The standard InChI is InChI=1S/C11H22N2O/c12-11(4-1-5-11)9-13-6-7-14-8-10-2-3-10/h10,13H,1-9,12H2. The van der Waals surface area contributed by atoms with E-state index in [9.17, 15) is 0 Å². The van der Waals surface area contributed by atoms with Gasteiger partial charge in [0.25, 0.3) is 0 Å². The van der Waals surface area contributed by atoms with Crippen molar-refractivity contribution >= 4 is 0 Å². The van der Waals surface area contributed by atoms with Crippen LogP contribution in [0.5, 0.6) is 0 Å². The topological polar surface area (TPSA) is 47.3 Å². The lowest BCUT2D eigenvalue weighted by atomic mass is 9.78. The zero-order valence-corrected chi connectivity index (χ0v) is 8.93. The molecule has 0 aromatic heterocycles. The van der Waals surface area contributed by atoms with Gasteiger partial charge in [0.1, 0.15) is 0 Å². The van der Waals surface area contributed by atoms with E-state index in [4.69, 9.17) is 10.5 Å². The highest BCUT2D eigenvalue weighted by Crippen LogP contribution is 2.29. The molecule has 2 aliphatic rings. The fourth-order valence-corrected chi connectivity index (χ4v) is 1.82. The molecule has 2 rings (SSSR count). The molecular weight excluding hydrogens is 176 g/mol. The molecule has 3 N–H and O–H groups in total. The van der Waals surface area contributed by atoms with Crippen LogP contribution in [0.25, 0.3) is 0 Å². The molecule has 0 unspecified atom stereocenters. The highest BCUT2D eigenvalue weighted by atomic mass is 16.5. The number of nitrogens with two attached hydrogens (primary N) is 1. The highest BCUT2D eigenvalue weighted by Gasteiger charge is 2.31. The third kappa shape index (κ3) is 3.23. The molecule has 0 saturated heterocycles. The largest absolute Gasteiger partial charge is 0.380 e. The van der Waals surface area contributed by atoms with Gasteiger partial charge in [0.05, 0.1) is 6.61 Å². The number of nitrogens with one attached hydrogen (secondary N) is 1. The van der Waals surface area contributed by atoms with E-state index >= 15 is 0 Å². The first-order valence-electron chi connectivity index (χ1n) is 5.86. The summed E-state index contributed by atoms with van der Waals surface area (Å²) in [6, 6.07) is 0. The van der Waals surface area contributed by atoms with Crippen LogP contribution in [-0.4, -0.2) is 31.8 Å². The maximum Gasteiger partial charge on any atom is 0.0591 e. The van der Waals surface area contributed by atoms with E-state index in [1.165, 1.54) is 32.1 Å². The minimum absolute atomic E-state index is 0.108. The van der Waals surface area contributed by atoms with E-state index in [1.807, 2.05) is 0 Å². The van der Waals surface area contributed by atoms with Crippen LogP contribution in [0, 0.1) is 5.92 Å². The molecule has 2 aliphatic carbocycles. The van der Waals surface area contributed by atoms with E-state index < -0.39 is 0 Å². The molecule has 2 fully saturated rings. The lowest BCUT2D eigenvalue weighted by Gasteiger charge is -2.38. The molecule has 82 valence electrons. The predicted molar refractivity (Wildman–Crippen MR) is 57.2 cm³/mol. The zero-order valence-electron chi connectivity index (χ0n) is 8.93. The summed E-state index contributed by atoms with van der Waals surface area (Å²) in [7, 11) is 0. The van der Waals surface area contributed by atoms with E-state index in [0.717, 1.165) is 32.2 Å². The second-order valence-electron chi connectivity index (χ2n) is 4.91. The quantitative estimate of drug-likeness (QED) is 0.597. The molecule has 3 nitrogen and oxygen atoms in total. The van der Waals surface area contributed by atoms with Gasteiger partial charge in [0.15, 0.2) is 0 Å². The molecule has 2 saturated carbocycles. The van der Waals surface area contributed by atoms with Crippen LogP contribution in [-0.2, 0) is 4.74 Å². The average molecular weight is 198 g/mol. The van der Waals surface area contributed by atoms with Gasteiger partial charge in [-0.05, 0) is 38.0 Å². The minimum atomic E-state index is 0.108. The van der Waals surface area contributed by atoms with Crippen LogP contribution in [0.2, 0.25) is 0 Å². The van der Waals surface area contributed by atoms with E-state index in [1.54, 1.807) is 0 Å². The molecular formula is C11H22N2O. The summed E-state index contributed by atoms with van der Waals surface area (Å²) in [6.45, 7) is 3.72. The van der Waals surface area contributed by atoms with Gasteiger partial charge in [-0.25, -0.2) is 0 Å². The Morgan fingerprint density at radius 1 is 1.36 bits per heavy atom. The summed E-state index contributed by atoms with van der Waals surface area (Å²) in [4.78, 5) is 0. The Bertz CT molecular complexity index is 176. The second kappa shape index (κ2) is 4.60. The van der Waals surface area contributed by atoms with Gasteiger partial charge in [-0.15, -0.1) is 0 Å². The molecule has 0 spiro atoms. The Balaban J connectivity index is 1.39. The first-order valence-corrected chi connectivity index (χ1v) is 5.86. The van der Waals surface area contributed by atoms with Gasteiger partial charge in [-0.2, -0.15) is 0 Å². The van der Waals surface area contributed by atoms with Crippen LogP contribution >= 0.6 is 0 Å². The van der Waals surface area contributed by atoms with Crippen molar-refractivity contribution in [3.05, 3.63) is 0 Å². The maximum absolute atomic E-state index is 6.07. The Morgan fingerprint density at radius 2 is 2.14 bits per heavy atom. The molecule has 0 heterocycles. The monoisotopic (exact) mass is 198 g/mol. The van der Waals surface area contributed by atoms with Gasteiger partial charge in [-0.3, -0.25) is 0 Å². The number of hydrogen-bond donors (Lipinski definition) is 2. The predicted octanol–water partition coefficient (Wildman–Crippen LogP) is 0.884. The van der Waals surface area contributed by atoms with Gasteiger partial charge >= 0.3 is 0 Å². The molecule has 14 heavy (non-hydrogen) atoms. The summed E-state index contributed by atoms with van der Waals surface area (Å²) in [6.07, 6.45) is 6.42. The van der Waals surface area contributed by atoms with Crippen molar-refractivity contribution < 1.29 is 4.74 Å². The molecule has 0 aliphatic heterocycles. The van der Waals surface area contributed by atoms with E-state index in [0.29, 0.717) is 0 Å². The normalized spacial score (nSPS) is 24.6. The third-order valence-electron chi connectivity index (χ3n) is 3.30. The first kappa shape index (κ1) is 10.4. The third-order valence-corrected chi connectivity index (χ3v) is 3.30. The highest BCUT2D eigenvalue weighted by molar-refractivity contribution is 4.94. The van der Waals surface area contributed by atoms with Gasteiger partial charge in [0, 0.05) is 25.2 Å². The summed E-state index contributed by atoms with van der Waals surface area (Å²) in [5, 5.41) is 3.37. The lowest BCUT2D eigenvalue weighted by molar-refractivity contribution is 0.123. The lowest BCUT2D eigenvalue weighted by Crippen LogP contribution is -2.54. The van der Waals surface area contributed by atoms with Crippen molar-refractivity contribution in [1.29, 1.82) is 0 Å². The molecule has 0 aromatic carbocycles. The smallest absolute Gasteiger partial charge is 0.0591 e. The number of rotatable bonds is 7. The second-order valence-corrected chi connectivity index (χ2v) is 4.91. The van der Waals surface area contributed by atoms with Gasteiger partial charge in [0.2, 0.25) is 0 Å². The molecule has 0 radical (unpaired) electrons. The van der Waals surface area contributed by atoms with Crippen LogP contribution in [0.15, 0.2) is 0 Å². The van der Waals surface area contributed by atoms with Crippen molar-refractivity contribution in [2.24, 2.45) is 11.7 Å². The van der Waals surface area contributed by atoms with Crippen molar-refractivity contribution in [2.75, 3.05) is 26.3 Å². The maximum atomic E-state index is 6.07. The van der Waals surface area contributed by atoms with Crippen LogP contribution in [0.3, 0.4) is 0 Å². The zero-order chi connectivity index (χ0) is 9.86. The number of hydrogen-bond acceptors (Lipinski definition) is 3. The molecule has 0 aromatic rings. The SMILES string of the molecule is NC1(CNCCOCC2CC2)CCC1. The van der Waals surface area contributed by atoms with Crippen LogP contribution < -0.4 is 11.1 Å². The van der Waals surface area contributed by atoms with Crippen molar-refractivity contribution in [2.45, 2.75) is 37.6 Å². The Kier molecular flexibility index (Phi) is 3.42.